The van der Waals surface area contributed by atoms with Crippen molar-refractivity contribution in [2.24, 2.45) is 0 Å². The Labute approximate surface area is 137 Å². The van der Waals surface area contributed by atoms with Gasteiger partial charge in [-0.1, -0.05) is 11.6 Å². The largest absolute Gasteiger partial charge is 0.311 e. The van der Waals surface area contributed by atoms with E-state index in [0.29, 0.717) is 12.2 Å². The van der Waals surface area contributed by atoms with Gasteiger partial charge in [-0.3, -0.25) is 14.5 Å². The average Bonchev–Trinajstić information content (AvgIpc) is 3.22. The Morgan fingerprint density at radius 2 is 2.26 bits per heavy atom. The molecule has 1 amide bonds. The van der Waals surface area contributed by atoms with Crippen LogP contribution in [-0.4, -0.2) is 42.5 Å². The van der Waals surface area contributed by atoms with Gasteiger partial charge in [0.15, 0.2) is 5.15 Å². The molecule has 3 aromatic rings. The van der Waals surface area contributed by atoms with E-state index in [9.17, 15) is 4.79 Å². The van der Waals surface area contributed by atoms with Crippen LogP contribution in [0, 0.1) is 0 Å². The number of aryl methyl sites for hydroxylation is 1. The first-order valence-corrected chi connectivity index (χ1v) is 7.27. The molecule has 3 rings (SSSR count). The molecule has 3 aromatic heterocycles. The summed E-state index contributed by atoms with van der Waals surface area (Å²) in [4.78, 5) is 21.7. The lowest BCUT2D eigenvalue weighted by Gasteiger charge is -2.15. The summed E-state index contributed by atoms with van der Waals surface area (Å²) >= 11 is 6.16. The second-order valence-corrected chi connectivity index (χ2v) is 5.18. The highest BCUT2D eigenvalue weighted by atomic mass is 35.5. The van der Waals surface area contributed by atoms with Crippen LogP contribution in [0.1, 0.15) is 6.42 Å². The second kappa shape index (κ2) is 6.57. The number of rotatable bonds is 5. The Bertz CT molecular complexity index is 785. The first kappa shape index (κ1) is 15.2. The Kier molecular flexibility index (Phi) is 4.33. The molecule has 0 aliphatic rings. The zero-order valence-corrected chi connectivity index (χ0v) is 13.1. The minimum atomic E-state index is -0.0897. The highest BCUT2D eigenvalue weighted by Gasteiger charge is 2.18. The van der Waals surface area contributed by atoms with Crippen molar-refractivity contribution >= 4 is 23.2 Å². The van der Waals surface area contributed by atoms with Gasteiger partial charge in [-0.2, -0.15) is 10.2 Å². The van der Waals surface area contributed by atoms with Crippen LogP contribution in [0.15, 0.2) is 43.4 Å². The molecule has 0 bridgehead atoms. The van der Waals surface area contributed by atoms with Gasteiger partial charge in [0.2, 0.25) is 5.91 Å². The lowest BCUT2D eigenvalue weighted by molar-refractivity contribution is -0.118. The summed E-state index contributed by atoms with van der Waals surface area (Å²) in [5.74, 6) is -0.0897. The molecular formula is C14H14ClN7O. The number of halogens is 1. The number of amides is 1. The number of nitrogens with zero attached hydrogens (tertiary/aromatic N) is 7. The molecule has 0 aliphatic carbocycles. The quantitative estimate of drug-likeness (QED) is 0.708. The third-order valence-corrected chi connectivity index (χ3v) is 3.59. The average molecular weight is 332 g/mol. The normalized spacial score (nSPS) is 10.7. The van der Waals surface area contributed by atoms with Crippen LogP contribution in [0.3, 0.4) is 0 Å². The van der Waals surface area contributed by atoms with E-state index in [1.54, 1.807) is 47.4 Å². The molecule has 23 heavy (non-hydrogen) atoms. The fourth-order valence-electron chi connectivity index (χ4n) is 2.05. The molecule has 0 spiro atoms. The number of carbonyl (C=O) groups is 1. The molecule has 9 heteroatoms. The van der Waals surface area contributed by atoms with Crippen molar-refractivity contribution in [3.8, 4) is 5.69 Å². The van der Waals surface area contributed by atoms with Crippen molar-refractivity contribution in [3.05, 3.63) is 48.5 Å². The lowest BCUT2D eigenvalue weighted by atomic mass is 10.3. The number of anilines is 1. The zero-order chi connectivity index (χ0) is 16.2. The minimum absolute atomic E-state index is 0.0897. The molecule has 0 aliphatic heterocycles. The lowest BCUT2D eigenvalue weighted by Crippen LogP contribution is -2.27. The molecule has 118 valence electrons. The van der Waals surface area contributed by atoms with Gasteiger partial charge in [-0.15, -0.1) is 0 Å². The van der Waals surface area contributed by atoms with Gasteiger partial charge < -0.3 is 4.90 Å². The molecule has 0 aromatic carbocycles. The predicted octanol–water partition coefficient (Wildman–Crippen LogP) is 1.57. The Morgan fingerprint density at radius 1 is 1.39 bits per heavy atom. The maximum Gasteiger partial charge on any atom is 0.228 e. The summed E-state index contributed by atoms with van der Waals surface area (Å²) in [5.41, 5.74) is 1.31. The van der Waals surface area contributed by atoms with Crippen LogP contribution in [-0.2, 0) is 11.3 Å². The minimum Gasteiger partial charge on any atom is -0.311 e. The van der Waals surface area contributed by atoms with Gasteiger partial charge in [-0.25, -0.2) is 9.67 Å². The molecule has 0 saturated heterocycles. The van der Waals surface area contributed by atoms with E-state index in [1.165, 1.54) is 11.2 Å². The maximum absolute atomic E-state index is 12.3. The Balaban J connectivity index is 1.73. The van der Waals surface area contributed by atoms with Crippen LogP contribution < -0.4 is 4.90 Å². The molecule has 0 saturated carbocycles. The number of hydrogen-bond acceptors (Lipinski definition) is 5. The number of carbonyl (C=O) groups excluding carboxylic acids is 1. The van der Waals surface area contributed by atoms with E-state index in [4.69, 9.17) is 11.6 Å². The number of hydrogen-bond donors (Lipinski definition) is 0. The molecule has 0 atom stereocenters. The van der Waals surface area contributed by atoms with Crippen molar-refractivity contribution in [1.29, 1.82) is 0 Å². The van der Waals surface area contributed by atoms with Crippen molar-refractivity contribution in [3.63, 3.8) is 0 Å². The molecule has 0 unspecified atom stereocenters. The van der Waals surface area contributed by atoms with Crippen LogP contribution >= 0.6 is 11.6 Å². The van der Waals surface area contributed by atoms with Gasteiger partial charge >= 0.3 is 0 Å². The van der Waals surface area contributed by atoms with E-state index in [2.05, 4.69) is 20.2 Å². The van der Waals surface area contributed by atoms with Gasteiger partial charge in [0.05, 0.1) is 24.6 Å². The molecule has 0 fully saturated rings. The SMILES string of the molecule is CN(C(=O)CCn1cncn1)c1cn(-c2cccnc2)nc1Cl. The van der Waals surface area contributed by atoms with E-state index >= 15 is 0 Å². The van der Waals surface area contributed by atoms with Gasteiger partial charge in [0.1, 0.15) is 18.3 Å². The van der Waals surface area contributed by atoms with E-state index < -0.39 is 0 Å². The second-order valence-electron chi connectivity index (χ2n) is 4.82. The summed E-state index contributed by atoms with van der Waals surface area (Å²) in [5, 5.41) is 8.44. The Morgan fingerprint density at radius 3 is 2.96 bits per heavy atom. The first-order chi connectivity index (χ1) is 11.1. The van der Waals surface area contributed by atoms with Gasteiger partial charge in [-0.05, 0) is 12.1 Å². The van der Waals surface area contributed by atoms with Crippen molar-refractivity contribution in [2.45, 2.75) is 13.0 Å². The van der Waals surface area contributed by atoms with E-state index in [1.807, 2.05) is 6.07 Å². The smallest absolute Gasteiger partial charge is 0.228 e. The predicted molar refractivity (Wildman–Crippen MR) is 84.4 cm³/mol. The standard InChI is InChI=1S/C14H14ClN7O/c1-20(13(23)4-6-21-10-17-9-18-21)12-8-22(19-14(12)15)11-3-2-5-16-7-11/h2-3,5,7-10H,4,6H2,1H3. The highest BCUT2D eigenvalue weighted by molar-refractivity contribution is 6.32. The summed E-state index contributed by atoms with van der Waals surface area (Å²) in [6.45, 7) is 0.456. The van der Waals surface area contributed by atoms with E-state index in [-0.39, 0.29) is 17.5 Å². The van der Waals surface area contributed by atoms with Crippen LogP contribution in [0.5, 0.6) is 0 Å². The number of pyridine rings is 1. The van der Waals surface area contributed by atoms with Crippen molar-refractivity contribution in [2.75, 3.05) is 11.9 Å². The summed E-state index contributed by atoms with van der Waals surface area (Å²) in [7, 11) is 1.67. The third kappa shape index (κ3) is 3.37. The summed E-state index contributed by atoms with van der Waals surface area (Å²) < 4.78 is 3.19. The van der Waals surface area contributed by atoms with Crippen LogP contribution in [0.4, 0.5) is 5.69 Å². The van der Waals surface area contributed by atoms with Crippen LogP contribution in [0.25, 0.3) is 5.69 Å². The van der Waals surface area contributed by atoms with Gasteiger partial charge in [0, 0.05) is 19.7 Å². The Hall–Kier alpha value is -2.74. The summed E-state index contributed by atoms with van der Waals surface area (Å²) in [6, 6.07) is 3.66. The number of aromatic nitrogens is 6. The molecule has 3 heterocycles. The highest BCUT2D eigenvalue weighted by Crippen LogP contribution is 2.25. The molecule has 0 N–H and O–H groups in total. The molecular weight excluding hydrogens is 318 g/mol. The maximum atomic E-state index is 12.3. The molecule has 0 radical (unpaired) electrons. The van der Waals surface area contributed by atoms with Crippen molar-refractivity contribution < 1.29 is 4.79 Å². The van der Waals surface area contributed by atoms with Crippen LogP contribution in [0.2, 0.25) is 5.15 Å². The first-order valence-electron chi connectivity index (χ1n) is 6.89. The summed E-state index contributed by atoms with van der Waals surface area (Å²) in [6.07, 6.45) is 8.33. The fourth-order valence-corrected chi connectivity index (χ4v) is 2.31. The molecule has 8 nitrogen and oxygen atoms in total. The zero-order valence-electron chi connectivity index (χ0n) is 12.4. The van der Waals surface area contributed by atoms with Gasteiger partial charge in [0.25, 0.3) is 0 Å². The third-order valence-electron chi connectivity index (χ3n) is 3.32. The fraction of sp³-hybridized carbons (Fsp3) is 0.214. The topological polar surface area (TPSA) is 81.7 Å². The monoisotopic (exact) mass is 331 g/mol. The van der Waals surface area contributed by atoms with Crippen molar-refractivity contribution in [1.82, 2.24) is 29.5 Å². The van der Waals surface area contributed by atoms with E-state index in [0.717, 1.165) is 5.69 Å².